The van der Waals surface area contributed by atoms with Crippen molar-refractivity contribution in [3.8, 4) is 11.5 Å². The van der Waals surface area contributed by atoms with Gasteiger partial charge in [0.1, 0.15) is 6.26 Å². The highest BCUT2D eigenvalue weighted by atomic mass is 16.4. The molecule has 7 nitrogen and oxygen atoms in total. The molecule has 2 aromatic carbocycles. The third kappa shape index (κ3) is 4.59. The lowest BCUT2D eigenvalue weighted by atomic mass is 9.82. The minimum Gasteiger partial charge on any atom is -0.481 e. The zero-order valence-electron chi connectivity index (χ0n) is 18.8. The van der Waals surface area contributed by atoms with Crippen LogP contribution < -0.4 is 5.32 Å². The van der Waals surface area contributed by atoms with E-state index in [2.05, 4.69) is 10.3 Å². The fourth-order valence-corrected chi connectivity index (χ4v) is 4.79. The number of nitrogens with one attached hydrogen (secondary N) is 1. The van der Waals surface area contributed by atoms with E-state index in [-0.39, 0.29) is 11.8 Å². The first kappa shape index (κ1) is 21.9. The third-order valence-electron chi connectivity index (χ3n) is 6.69. The zero-order chi connectivity index (χ0) is 23.5. The Morgan fingerprint density at radius 1 is 1.03 bits per heavy atom. The van der Waals surface area contributed by atoms with Crippen LogP contribution in [0.2, 0.25) is 0 Å². The van der Waals surface area contributed by atoms with Gasteiger partial charge >= 0.3 is 5.97 Å². The number of carboxylic acid groups (broad SMARTS) is 1. The van der Waals surface area contributed by atoms with Gasteiger partial charge in [0.15, 0.2) is 0 Å². The third-order valence-corrected chi connectivity index (χ3v) is 6.69. The van der Waals surface area contributed by atoms with Crippen LogP contribution in [0.1, 0.15) is 41.7 Å². The monoisotopic (exact) mass is 457 g/mol. The van der Waals surface area contributed by atoms with Crippen LogP contribution in [0.5, 0.6) is 0 Å². The largest absolute Gasteiger partial charge is 0.481 e. The number of hydrogen-bond donors (Lipinski definition) is 2. The molecular formula is C27H27N3O4. The average molecular weight is 458 g/mol. The number of oxazole rings is 1. The van der Waals surface area contributed by atoms with Gasteiger partial charge in [-0.15, -0.1) is 0 Å². The summed E-state index contributed by atoms with van der Waals surface area (Å²) in [6, 6.07) is 17.5. The molecule has 2 heterocycles. The van der Waals surface area contributed by atoms with Crippen molar-refractivity contribution in [1.29, 1.82) is 0 Å². The molecule has 0 aliphatic heterocycles. The zero-order valence-corrected chi connectivity index (χ0v) is 18.8. The van der Waals surface area contributed by atoms with Gasteiger partial charge in [0.25, 0.3) is 5.91 Å². The van der Waals surface area contributed by atoms with E-state index in [1.54, 1.807) is 6.26 Å². The maximum Gasteiger partial charge on any atom is 0.306 e. The van der Waals surface area contributed by atoms with Crippen LogP contribution in [-0.2, 0) is 11.3 Å². The number of carboxylic acids is 1. The predicted molar refractivity (Wildman–Crippen MR) is 128 cm³/mol. The summed E-state index contributed by atoms with van der Waals surface area (Å²) in [5.41, 5.74) is 3.18. The Labute approximate surface area is 197 Å². The van der Waals surface area contributed by atoms with Crippen LogP contribution in [0.25, 0.3) is 22.4 Å². The van der Waals surface area contributed by atoms with Crippen LogP contribution in [-0.4, -0.2) is 33.1 Å². The van der Waals surface area contributed by atoms with E-state index in [4.69, 9.17) is 4.42 Å². The summed E-state index contributed by atoms with van der Waals surface area (Å²) in [6.45, 7) is 1.05. The molecule has 4 aromatic rings. The quantitative estimate of drug-likeness (QED) is 0.409. The van der Waals surface area contributed by atoms with E-state index in [0.717, 1.165) is 35.0 Å². The van der Waals surface area contributed by atoms with Gasteiger partial charge in [-0.2, -0.15) is 0 Å². The number of aliphatic carboxylic acids is 1. The van der Waals surface area contributed by atoms with Crippen molar-refractivity contribution in [1.82, 2.24) is 14.9 Å². The molecule has 0 bridgehead atoms. The Morgan fingerprint density at radius 2 is 1.82 bits per heavy atom. The van der Waals surface area contributed by atoms with E-state index < -0.39 is 5.97 Å². The Balaban J connectivity index is 1.30. The summed E-state index contributed by atoms with van der Waals surface area (Å²) in [5.74, 6) is -0.184. The summed E-state index contributed by atoms with van der Waals surface area (Å²) >= 11 is 0. The van der Waals surface area contributed by atoms with Crippen molar-refractivity contribution in [2.45, 2.75) is 32.2 Å². The maximum atomic E-state index is 13.1. The first-order chi connectivity index (χ1) is 16.6. The highest BCUT2D eigenvalue weighted by Crippen LogP contribution is 2.29. The number of para-hydroxylation sites is 1. The molecule has 0 unspecified atom stereocenters. The second-order valence-corrected chi connectivity index (χ2v) is 8.96. The molecule has 0 atom stereocenters. The minimum absolute atomic E-state index is 0.115. The Kier molecular flexibility index (Phi) is 6.16. The van der Waals surface area contributed by atoms with E-state index >= 15 is 0 Å². The standard InChI is InChI=1S/C27H27N3O4/c31-25(28-15-18-9-11-21(12-10-18)27(32)33)23-8-4-7-19-13-14-30(24(19)23)16-22-17-34-26(29-22)20-5-2-1-3-6-20/h1-8,13-14,17-18,21H,9-12,15-16H2,(H,28,31)(H,32,33)/t18-,21-. The Morgan fingerprint density at radius 3 is 2.59 bits per heavy atom. The van der Waals surface area contributed by atoms with Gasteiger partial charge in [-0.3, -0.25) is 9.59 Å². The molecule has 5 rings (SSSR count). The molecule has 0 radical (unpaired) electrons. The van der Waals surface area contributed by atoms with Crippen LogP contribution in [0, 0.1) is 11.8 Å². The summed E-state index contributed by atoms with van der Waals surface area (Å²) < 4.78 is 7.70. The lowest BCUT2D eigenvalue weighted by Crippen LogP contribution is -2.32. The van der Waals surface area contributed by atoms with Crippen molar-refractivity contribution in [2.24, 2.45) is 11.8 Å². The number of rotatable bonds is 7. The Bertz CT molecular complexity index is 1300. The van der Waals surface area contributed by atoms with Crippen molar-refractivity contribution in [3.63, 3.8) is 0 Å². The molecule has 2 aromatic heterocycles. The molecule has 1 aliphatic rings. The van der Waals surface area contributed by atoms with Crippen molar-refractivity contribution in [3.05, 3.63) is 78.3 Å². The Hall–Kier alpha value is -3.87. The molecule has 174 valence electrons. The van der Waals surface area contributed by atoms with E-state index in [1.807, 2.05) is 65.4 Å². The van der Waals surface area contributed by atoms with Gasteiger partial charge in [0, 0.05) is 23.7 Å². The van der Waals surface area contributed by atoms with E-state index in [1.165, 1.54) is 0 Å². The minimum atomic E-state index is -0.710. The molecule has 1 aliphatic carbocycles. The van der Waals surface area contributed by atoms with E-state index in [0.29, 0.717) is 43.3 Å². The summed E-state index contributed by atoms with van der Waals surface area (Å²) in [4.78, 5) is 28.9. The van der Waals surface area contributed by atoms with Gasteiger partial charge in [-0.05, 0) is 55.9 Å². The lowest BCUT2D eigenvalue weighted by Gasteiger charge is -2.26. The number of hydrogen-bond acceptors (Lipinski definition) is 4. The van der Waals surface area contributed by atoms with Gasteiger partial charge in [-0.25, -0.2) is 4.98 Å². The topological polar surface area (TPSA) is 97.4 Å². The van der Waals surface area contributed by atoms with Crippen LogP contribution in [0.15, 0.2) is 71.5 Å². The van der Waals surface area contributed by atoms with Crippen LogP contribution >= 0.6 is 0 Å². The molecule has 1 saturated carbocycles. The first-order valence-electron chi connectivity index (χ1n) is 11.7. The maximum absolute atomic E-state index is 13.1. The average Bonchev–Trinajstić information content (AvgIpc) is 3.51. The van der Waals surface area contributed by atoms with Gasteiger partial charge < -0.3 is 19.4 Å². The second kappa shape index (κ2) is 9.55. The van der Waals surface area contributed by atoms with Crippen LogP contribution in [0.3, 0.4) is 0 Å². The van der Waals surface area contributed by atoms with Gasteiger partial charge in [-0.1, -0.05) is 30.3 Å². The molecule has 0 spiro atoms. The fraction of sp³-hybridized carbons (Fsp3) is 0.296. The molecule has 0 saturated heterocycles. The van der Waals surface area contributed by atoms with Crippen molar-refractivity contribution < 1.29 is 19.1 Å². The molecule has 1 amide bonds. The predicted octanol–water partition coefficient (Wildman–Crippen LogP) is 4.97. The second-order valence-electron chi connectivity index (χ2n) is 8.96. The summed E-state index contributed by atoms with van der Waals surface area (Å²) in [7, 11) is 0. The number of carbonyl (C=O) groups is 2. The summed E-state index contributed by atoms with van der Waals surface area (Å²) in [5, 5.41) is 13.2. The molecular weight excluding hydrogens is 430 g/mol. The SMILES string of the molecule is O=C(NC[C@H]1CC[C@H](C(=O)O)CC1)c1cccc2ccn(Cc3coc(-c4ccccc4)n3)c12. The molecule has 2 N–H and O–H groups in total. The van der Waals surface area contributed by atoms with Gasteiger partial charge in [0.2, 0.25) is 5.89 Å². The fourth-order valence-electron chi connectivity index (χ4n) is 4.79. The summed E-state index contributed by atoms with van der Waals surface area (Å²) in [6.07, 6.45) is 6.63. The number of nitrogens with zero attached hydrogens (tertiary/aromatic N) is 2. The van der Waals surface area contributed by atoms with Crippen molar-refractivity contribution in [2.75, 3.05) is 6.54 Å². The molecule has 34 heavy (non-hydrogen) atoms. The van der Waals surface area contributed by atoms with E-state index in [9.17, 15) is 14.7 Å². The normalized spacial score (nSPS) is 18.1. The smallest absolute Gasteiger partial charge is 0.306 e. The highest BCUT2D eigenvalue weighted by molar-refractivity contribution is 6.06. The lowest BCUT2D eigenvalue weighted by molar-refractivity contribution is -0.143. The highest BCUT2D eigenvalue weighted by Gasteiger charge is 2.26. The number of fused-ring (bicyclic) bond motifs is 1. The first-order valence-corrected chi connectivity index (χ1v) is 11.7. The van der Waals surface area contributed by atoms with Crippen molar-refractivity contribution >= 4 is 22.8 Å². The van der Waals surface area contributed by atoms with Crippen LogP contribution in [0.4, 0.5) is 0 Å². The number of aromatic nitrogens is 2. The molecule has 7 heteroatoms. The number of amides is 1. The molecule has 1 fully saturated rings. The number of carbonyl (C=O) groups excluding carboxylic acids is 1. The van der Waals surface area contributed by atoms with Gasteiger partial charge in [0.05, 0.1) is 29.2 Å². The number of benzene rings is 2.